The minimum atomic E-state index is -0.0901. The second-order valence-electron chi connectivity index (χ2n) is 4.47. The third-order valence-electron chi connectivity index (χ3n) is 2.90. The summed E-state index contributed by atoms with van der Waals surface area (Å²) in [5, 5.41) is 5.33. The summed E-state index contributed by atoms with van der Waals surface area (Å²) < 4.78 is 0. The summed E-state index contributed by atoms with van der Waals surface area (Å²) >= 11 is 1.45. The largest absolute Gasteiger partial charge is 0.302 e. The fraction of sp³-hybridized carbons (Fsp3) is 0.286. The first-order chi connectivity index (χ1) is 8.47. The number of rotatable bonds is 2. The fourth-order valence-electron chi connectivity index (χ4n) is 1.84. The number of nitrogens with zero attached hydrogens (tertiary/aromatic N) is 1. The van der Waals surface area contributed by atoms with Gasteiger partial charge in [0.2, 0.25) is 5.91 Å². The first-order valence-corrected chi connectivity index (χ1v) is 6.66. The summed E-state index contributed by atoms with van der Waals surface area (Å²) in [5.74, 6) is -0.0901. The molecule has 0 atom stereocenters. The summed E-state index contributed by atoms with van der Waals surface area (Å²) in [6, 6.07) is 4.32. The van der Waals surface area contributed by atoms with Gasteiger partial charge >= 0.3 is 0 Å². The molecule has 4 heteroatoms. The summed E-state index contributed by atoms with van der Waals surface area (Å²) in [6.07, 6.45) is 0. The van der Waals surface area contributed by atoms with E-state index in [-0.39, 0.29) is 5.91 Å². The molecule has 0 saturated carbocycles. The maximum atomic E-state index is 11.0. The molecule has 1 amide bonds. The zero-order chi connectivity index (χ0) is 13.3. The van der Waals surface area contributed by atoms with Crippen molar-refractivity contribution in [2.75, 3.05) is 5.32 Å². The smallest absolute Gasteiger partial charge is 0.223 e. The van der Waals surface area contributed by atoms with Gasteiger partial charge in [-0.3, -0.25) is 4.79 Å². The van der Waals surface area contributed by atoms with E-state index in [9.17, 15) is 4.79 Å². The van der Waals surface area contributed by atoms with Crippen molar-refractivity contribution in [1.29, 1.82) is 0 Å². The number of benzene rings is 1. The van der Waals surface area contributed by atoms with Crippen molar-refractivity contribution in [3.63, 3.8) is 0 Å². The molecule has 1 aromatic heterocycles. The van der Waals surface area contributed by atoms with E-state index < -0.39 is 0 Å². The number of aryl methyl sites for hydroxylation is 3. The van der Waals surface area contributed by atoms with E-state index in [2.05, 4.69) is 43.2 Å². The average Bonchev–Trinajstić information content (AvgIpc) is 2.70. The summed E-state index contributed by atoms with van der Waals surface area (Å²) in [6.45, 7) is 7.77. The van der Waals surface area contributed by atoms with Crippen LogP contribution in [0.3, 0.4) is 0 Å². The Hall–Kier alpha value is -1.68. The van der Waals surface area contributed by atoms with Crippen LogP contribution >= 0.6 is 11.3 Å². The maximum absolute atomic E-state index is 11.0. The summed E-state index contributed by atoms with van der Waals surface area (Å²) in [5.41, 5.74) is 5.80. The number of nitrogens with one attached hydrogen (secondary N) is 1. The zero-order valence-corrected chi connectivity index (χ0v) is 11.8. The topological polar surface area (TPSA) is 42.0 Å². The highest BCUT2D eigenvalue weighted by Crippen LogP contribution is 2.29. The normalized spacial score (nSPS) is 10.4. The number of carbonyl (C=O) groups is 1. The van der Waals surface area contributed by atoms with Crippen LogP contribution in [0.1, 0.15) is 23.6 Å². The third-order valence-corrected chi connectivity index (χ3v) is 3.66. The Morgan fingerprint density at radius 2 is 1.83 bits per heavy atom. The number of carbonyl (C=O) groups excluding carboxylic acids is 1. The van der Waals surface area contributed by atoms with Gasteiger partial charge in [-0.15, -0.1) is 11.3 Å². The van der Waals surface area contributed by atoms with Crippen LogP contribution in [-0.4, -0.2) is 10.9 Å². The van der Waals surface area contributed by atoms with Crippen molar-refractivity contribution in [3.8, 4) is 11.3 Å². The first-order valence-electron chi connectivity index (χ1n) is 5.78. The van der Waals surface area contributed by atoms with Crippen LogP contribution in [0.2, 0.25) is 0 Å². The van der Waals surface area contributed by atoms with Crippen LogP contribution < -0.4 is 5.32 Å². The molecular formula is C14H16N2OS. The predicted octanol–water partition coefficient (Wildman–Crippen LogP) is 3.69. The van der Waals surface area contributed by atoms with Gasteiger partial charge in [-0.2, -0.15) is 0 Å². The molecule has 94 valence electrons. The molecule has 1 N–H and O–H groups in total. The second kappa shape index (κ2) is 4.90. The van der Waals surface area contributed by atoms with Gasteiger partial charge in [-0.1, -0.05) is 6.07 Å². The molecule has 18 heavy (non-hydrogen) atoms. The van der Waals surface area contributed by atoms with Crippen molar-refractivity contribution < 1.29 is 4.79 Å². The molecular weight excluding hydrogens is 244 g/mol. The number of amides is 1. The van der Waals surface area contributed by atoms with Gasteiger partial charge in [0.25, 0.3) is 0 Å². The lowest BCUT2D eigenvalue weighted by Gasteiger charge is -2.07. The van der Waals surface area contributed by atoms with Gasteiger partial charge < -0.3 is 5.32 Å². The predicted molar refractivity (Wildman–Crippen MR) is 76.1 cm³/mol. The molecule has 2 aromatic rings. The number of thiazole rings is 1. The highest BCUT2D eigenvalue weighted by Gasteiger charge is 2.09. The molecule has 2 rings (SSSR count). The second-order valence-corrected chi connectivity index (χ2v) is 5.33. The minimum absolute atomic E-state index is 0.0901. The summed E-state index contributed by atoms with van der Waals surface area (Å²) in [4.78, 5) is 15.4. The number of aromatic nitrogens is 1. The molecule has 0 spiro atoms. The molecule has 0 unspecified atom stereocenters. The van der Waals surface area contributed by atoms with Gasteiger partial charge in [0.1, 0.15) is 0 Å². The standard InChI is InChI=1S/C14H16N2OS/c1-8-5-10(3)12(6-9(8)2)13-7-18-14(16-13)15-11(4)17/h5-7H,1-4H3,(H,15,16,17). The highest BCUT2D eigenvalue weighted by atomic mass is 32.1. The summed E-state index contributed by atoms with van der Waals surface area (Å²) in [7, 11) is 0. The lowest BCUT2D eigenvalue weighted by molar-refractivity contribution is -0.114. The minimum Gasteiger partial charge on any atom is -0.302 e. The first kappa shape index (κ1) is 12.8. The lowest BCUT2D eigenvalue weighted by atomic mass is 9.99. The van der Waals surface area contributed by atoms with Crippen molar-refractivity contribution in [2.45, 2.75) is 27.7 Å². The van der Waals surface area contributed by atoms with E-state index in [1.54, 1.807) is 0 Å². The molecule has 0 aliphatic rings. The average molecular weight is 260 g/mol. The monoisotopic (exact) mass is 260 g/mol. The SMILES string of the molecule is CC(=O)Nc1nc(-c2cc(C)c(C)cc2C)cs1. The van der Waals surface area contributed by atoms with Crippen molar-refractivity contribution >= 4 is 22.4 Å². The Kier molecular flexibility index (Phi) is 3.48. The van der Waals surface area contributed by atoms with Crippen LogP contribution in [0.4, 0.5) is 5.13 Å². The van der Waals surface area contributed by atoms with Gasteiger partial charge in [-0.25, -0.2) is 4.98 Å². The van der Waals surface area contributed by atoms with Gasteiger partial charge in [-0.05, 0) is 43.5 Å². The quantitative estimate of drug-likeness (QED) is 0.894. The van der Waals surface area contributed by atoms with Gasteiger partial charge in [0, 0.05) is 17.9 Å². The van der Waals surface area contributed by atoms with E-state index in [0.29, 0.717) is 5.13 Å². The number of hydrogen-bond donors (Lipinski definition) is 1. The van der Waals surface area contributed by atoms with E-state index in [0.717, 1.165) is 11.3 Å². The molecule has 1 aromatic carbocycles. The Morgan fingerprint density at radius 3 is 2.50 bits per heavy atom. The van der Waals surface area contributed by atoms with E-state index in [1.165, 1.54) is 35.0 Å². The van der Waals surface area contributed by atoms with Gasteiger partial charge in [0.05, 0.1) is 5.69 Å². The van der Waals surface area contributed by atoms with Crippen molar-refractivity contribution in [2.24, 2.45) is 0 Å². The van der Waals surface area contributed by atoms with Crippen molar-refractivity contribution in [3.05, 3.63) is 34.2 Å². The number of anilines is 1. The molecule has 0 radical (unpaired) electrons. The maximum Gasteiger partial charge on any atom is 0.223 e. The third kappa shape index (κ3) is 2.59. The molecule has 0 aliphatic heterocycles. The van der Waals surface area contributed by atoms with Gasteiger partial charge in [0.15, 0.2) is 5.13 Å². The van der Waals surface area contributed by atoms with E-state index in [1.807, 2.05) is 5.38 Å². The molecule has 0 saturated heterocycles. The Bertz CT molecular complexity index is 602. The Labute approximate surface area is 111 Å². The van der Waals surface area contributed by atoms with E-state index >= 15 is 0 Å². The van der Waals surface area contributed by atoms with Crippen LogP contribution in [0.15, 0.2) is 17.5 Å². The highest BCUT2D eigenvalue weighted by molar-refractivity contribution is 7.14. The molecule has 1 heterocycles. The molecule has 3 nitrogen and oxygen atoms in total. The van der Waals surface area contributed by atoms with Crippen LogP contribution in [0, 0.1) is 20.8 Å². The zero-order valence-electron chi connectivity index (χ0n) is 11.0. The van der Waals surface area contributed by atoms with Crippen LogP contribution in [0.25, 0.3) is 11.3 Å². The van der Waals surface area contributed by atoms with Crippen LogP contribution in [0.5, 0.6) is 0 Å². The Morgan fingerprint density at radius 1 is 1.17 bits per heavy atom. The molecule has 0 aliphatic carbocycles. The van der Waals surface area contributed by atoms with Crippen molar-refractivity contribution in [1.82, 2.24) is 4.98 Å². The Balaban J connectivity index is 2.40. The van der Waals surface area contributed by atoms with E-state index in [4.69, 9.17) is 0 Å². The molecule has 0 bridgehead atoms. The fourth-order valence-corrected chi connectivity index (χ4v) is 2.60. The molecule has 0 fully saturated rings. The number of hydrogen-bond acceptors (Lipinski definition) is 3. The van der Waals surface area contributed by atoms with Crippen LogP contribution in [-0.2, 0) is 4.79 Å². The lowest BCUT2D eigenvalue weighted by Crippen LogP contribution is -2.05.